The standard InChI is InChI=1S/C30H27N5O2/c36-30(35-24-15-16-24)34-23-13-11-20(12-14-23)17-18-31-28-26-25(21-7-3-1-4-8-21)27(22-9-5-2-6-10-22)37-29(26)33-19-32-28/h1-14,19,24H,15-18H2,(H,31,32,33)(H2,34,35,36). The van der Waals surface area contributed by atoms with Gasteiger partial charge in [-0.1, -0.05) is 72.8 Å². The van der Waals surface area contributed by atoms with Gasteiger partial charge in [0.15, 0.2) is 0 Å². The number of rotatable bonds is 8. The van der Waals surface area contributed by atoms with Crippen molar-refractivity contribution in [3.8, 4) is 22.5 Å². The van der Waals surface area contributed by atoms with Crippen molar-refractivity contribution in [2.45, 2.75) is 25.3 Å². The number of aromatic nitrogens is 2. The highest BCUT2D eigenvalue weighted by Crippen LogP contribution is 2.42. The van der Waals surface area contributed by atoms with E-state index in [0.717, 1.165) is 64.2 Å². The van der Waals surface area contributed by atoms with Crippen molar-refractivity contribution in [1.29, 1.82) is 0 Å². The van der Waals surface area contributed by atoms with Gasteiger partial charge in [0.25, 0.3) is 0 Å². The Morgan fingerprint density at radius 2 is 1.57 bits per heavy atom. The van der Waals surface area contributed by atoms with Crippen LogP contribution in [0.25, 0.3) is 33.6 Å². The van der Waals surface area contributed by atoms with E-state index in [4.69, 9.17) is 4.42 Å². The Morgan fingerprint density at radius 1 is 0.865 bits per heavy atom. The topological polar surface area (TPSA) is 92.1 Å². The van der Waals surface area contributed by atoms with Gasteiger partial charge in [0.1, 0.15) is 17.9 Å². The third kappa shape index (κ3) is 5.16. The summed E-state index contributed by atoms with van der Waals surface area (Å²) < 4.78 is 6.29. The van der Waals surface area contributed by atoms with Gasteiger partial charge >= 0.3 is 6.03 Å². The monoisotopic (exact) mass is 489 g/mol. The first-order chi connectivity index (χ1) is 18.2. The van der Waals surface area contributed by atoms with E-state index >= 15 is 0 Å². The highest BCUT2D eigenvalue weighted by molar-refractivity contribution is 6.05. The van der Waals surface area contributed by atoms with E-state index in [-0.39, 0.29) is 6.03 Å². The van der Waals surface area contributed by atoms with Crippen molar-refractivity contribution < 1.29 is 9.21 Å². The van der Waals surface area contributed by atoms with E-state index in [1.807, 2.05) is 72.8 Å². The van der Waals surface area contributed by atoms with Crippen LogP contribution in [0.5, 0.6) is 0 Å². The van der Waals surface area contributed by atoms with E-state index in [1.165, 1.54) is 6.33 Å². The SMILES string of the molecule is O=C(Nc1ccc(CCNc2ncnc3oc(-c4ccccc4)c(-c4ccccc4)c23)cc1)NC1CC1. The van der Waals surface area contributed by atoms with Crippen molar-refractivity contribution in [3.63, 3.8) is 0 Å². The number of hydrogen-bond acceptors (Lipinski definition) is 5. The summed E-state index contributed by atoms with van der Waals surface area (Å²) in [6.07, 6.45) is 4.46. The van der Waals surface area contributed by atoms with Crippen LogP contribution in [-0.4, -0.2) is 28.6 Å². The Hall–Kier alpha value is -4.65. The number of furan rings is 1. The molecule has 5 aromatic rings. The van der Waals surface area contributed by atoms with E-state index in [0.29, 0.717) is 18.3 Å². The molecule has 0 unspecified atom stereocenters. The third-order valence-corrected chi connectivity index (χ3v) is 6.42. The van der Waals surface area contributed by atoms with Gasteiger partial charge in [0.2, 0.25) is 5.71 Å². The predicted octanol–water partition coefficient (Wildman–Crippen LogP) is 6.50. The summed E-state index contributed by atoms with van der Waals surface area (Å²) in [6.45, 7) is 0.682. The molecule has 184 valence electrons. The van der Waals surface area contributed by atoms with Gasteiger partial charge in [-0.3, -0.25) is 0 Å². The number of carbonyl (C=O) groups excluding carboxylic acids is 1. The van der Waals surface area contributed by atoms with E-state index in [1.54, 1.807) is 0 Å². The molecule has 3 aromatic carbocycles. The second-order valence-corrected chi connectivity index (χ2v) is 9.19. The minimum Gasteiger partial charge on any atom is -0.437 e. The third-order valence-electron chi connectivity index (χ3n) is 6.42. The summed E-state index contributed by atoms with van der Waals surface area (Å²) in [6, 6.07) is 28.4. The Bertz CT molecular complexity index is 1510. The second-order valence-electron chi connectivity index (χ2n) is 9.19. The van der Waals surface area contributed by atoms with Crippen molar-refractivity contribution in [1.82, 2.24) is 15.3 Å². The van der Waals surface area contributed by atoms with Crippen LogP contribution in [-0.2, 0) is 6.42 Å². The highest BCUT2D eigenvalue weighted by Gasteiger charge is 2.23. The van der Waals surface area contributed by atoms with E-state index in [9.17, 15) is 4.79 Å². The molecule has 7 nitrogen and oxygen atoms in total. The largest absolute Gasteiger partial charge is 0.437 e. The van der Waals surface area contributed by atoms with Crippen molar-refractivity contribution in [3.05, 3.63) is 96.8 Å². The number of hydrogen-bond donors (Lipinski definition) is 3. The number of nitrogens with zero attached hydrogens (tertiary/aromatic N) is 2. The zero-order valence-electron chi connectivity index (χ0n) is 20.3. The summed E-state index contributed by atoms with van der Waals surface area (Å²) in [5.41, 5.74) is 5.51. The number of anilines is 2. The van der Waals surface area contributed by atoms with Crippen molar-refractivity contribution in [2.75, 3.05) is 17.2 Å². The molecule has 2 heterocycles. The maximum Gasteiger partial charge on any atom is 0.319 e. The van der Waals surface area contributed by atoms with Gasteiger partial charge in [0.05, 0.1) is 5.39 Å². The van der Waals surface area contributed by atoms with Gasteiger partial charge in [-0.2, -0.15) is 0 Å². The second kappa shape index (κ2) is 10.1. The van der Waals surface area contributed by atoms with Crippen LogP contribution in [0.1, 0.15) is 18.4 Å². The molecule has 0 radical (unpaired) electrons. The van der Waals surface area contributed by atoms with Crippen LogP contribution in [0.15, 0.2) is 95.7 Å². The van der Waals surface area contributed by atoms with Gasteiger partial charge < -0.3 is 20.4 Å². The van der Waals surface area contributed by atoms with Gasteiger partial charge in [-0.05, 0) is 42.5 Å². The molecule has 37 heavy (non-hydrogen) atoms. The normalized spacial score (nSPS) is 12.9. The Morgan fingerprint density at radius 3 is 2.27 bits per heavy atom. The lowest BCUT2D eigenvalue weighted by Gasteiger charge is -2.10. The number of urea groups is 1. The number of nitrogens with one attached hydrogen (secondary N) is 3. The zero-order valence-corrected chi connectivity index (χ0v) is 20.3. The van der Waals surface area contributed by atoms with Crippen LogP contribution < -0.4 is 16.0 Å². The lowest BCUT2D eigenvalue weighted by molar-refractivity contribution is 0.251. The fraction of sp³-hybridized carbons (Fsp3) is 0.167. The molecule has 2 aromatic heterocycles. The number of fused-ring (bicyclic) bond motifs is 1. The summed E-state index contributed by atoms with van der Waals surface area (Å²) in [4.78, 5) is 21.0. The molecule has 0 spiro atoms. The first-order valence-corrected chi connectivity index (χ1v) is 12.5. The molecule has 1 fully saturated rings. The number of amides is 2. The molecule has 0 saturated heterocycles. The molecule has 1 saturated carbocycles. The molecule has 0 bridgehead atoms. The molecular formula is C30H27N5O2. The molecule has 7 heteroatoms. The summed E-state index contributed by atoms with van der Waals surface area (Å²) in [5, 5.41) is 10.2. The van der Waals surface area contributed by atoms with E-state index < -0.39 is 0 Å². The molecular weight excluding hydrogens is 462 g/mol. The smallest absolute Gasteiger partial charge is 0.319 e. The molecule has 1 aliphatic rings. The molecule has 3 N–H and O–H groups in total. The first kappa shape index (κ1) is 22.8. The summed E-state index contributed by atoms with van der Waals surface area (Å²) >= 11 is 0. The van der Waals surface area contributed by atoms with Crippen LogP contribution in [0.2, 0.25) is 0 Å². The maximum absolute atomic E-state index is 12.0. The van der Waals surface area contributed by atoms with Gasteiger partial charge in [-0.25, -0.2) is 14.8 Å². The Kier molecular flexibility index (Phi) is 6.25. The van der Waals surface area contributed by atoms with Crippen LogP contribution in [0.3, 0.4) is 0 Å². The molecule has 0 aliphatic heterocycles. The van der Waals surface area contributed by atoms with Crippen LogP contribution in [0, 0.1) is 0 Å². The minimum atomic E-state index is -0.145. The lowest BCUT2D eigenvalue weighted by atomic mass is 9.99. The van der Waals surface area contributed by atoms with Crippen molar-refractivity contribution >= 4 is 28.6 Å². The average molecular weight is 490 g/mol. The highest BCUT2D eigenvalue weighted by atomic mass is 16.3. The fourth-order valence-electron chi connectivity index (χ4n) is 4.40. The Labute approximate surface area is 215 Å². The van der Waals surface area contributed by atoms with Gasteiger partial charge in [0, 0.05) is 29.4 Å². The predicted molar refractivity (Wildman–Crippen MR) is 146 cm³/mol. The summed E-state index contributed by atoms with van der Waals surface area (Å²) in [7, 11) is 0. The minimum absolute atomic E-state index is 0.145. The number of benzene rings is 3. The fourth-order valence-corrected chi connectivity index (χ4v) is 4.40. The van der Waals surface area contributed by atoms with E-state index in [2.05, 4.69) is 38.1 Å². The molecule has 0 atom stereocenters. The van der Waals surface area contributed by atoms with Gasteiger partial charge in [-0.15, -0.1) is 0 Å². The quantitative estimate of drug-likeness (QED) is 0.232. The maximum atomic E-state index is 12.0. The zero-order chi connectivity index (χ0) is 25.0. The molecule has 1 aliphatic carbocycles. The lowest BCUT2D eigenvalue weighted by Crippen LogP contribution is -2.30. The first-order valence-electron chi connectivity index (χ1n) is 12.5. The molecule has 6 rings (SSSR count). The van der Waals surface area contributed by atoms with Crippen LogP contribution >= 0.6 is 0 Å². The van der Waals surface area contributed by atoms with Crippen LogP contribution in [0.4, 0.5) is 16.3 Å². The number of carbonyl (C=O) groups is 1. The van der Waals surface area contributed by atoms with Crippen molar-refractivity contribution in [2.24, 2.45) is 0 Å². The molecule has 2 amide bonds. The Balaban J connectivity index is 1.22. The summed E-state index contributed by atoms with van der Waals surface area (Å²) in [5.74, 6) is 1.52. The average Bonchev–Trinajstić information content (AvgIpc) is 3.66.